The highest BCUT2D eigenvalue weighted by molar-refractivity contribution is 5.94. The Morgan fingerprint density at radius 3 is 2.62 bits per heavy atom. The molecule has 0 unspecified atom stereocenters. The fourth-order valence-corrected chi connectivity index (χ4v) is 4.17. The van der Waals surface area contributed by atoms with E-state index in [0.29, 0.717) is 11.6 Å². The van der Waals surface area contributed by atoms with Gasteiger partial charge in [-0.3, -0.25) is 4.79 Å². The highest BCUT2D eigenvalue weighted by atomic mass is 35.5. The van der Waals surface area contributed by atoms with Crippen LogP contribution in [0.15, 0.2) is 30.3 Å². The topological polar surface area (TPSA) is 50.2 Å². The van der Waals surface area contributed by atoms with Crippen molar-refractivity contribution in [2.24, 2.45) is 5.92 Å². The molecule has 1 amide bonds. The molecule has 0 bridgehead atoms. The molecule has 1 aromatic heterocycles. The highest BCUT2D eigenvalue weighted by Crippen LogP contribution is 2.29. The van der Waals surface area contributed by atoms with Gasteiger partial charge in [0.25, 0.3) is 5.91 Å². The number of piperidine rings is 1. The summed E-state index contributed by atoms with van der Waals surface area (Å²) in [5, 5.41) is 8.00. The van der Waals surface area contributed by atoms with Crippen LogP contribution < -0.4 is 5.32 Å². The van der Waals surface area contributed by atoms with Crippen molar-refractivity contribution < 1.29 is 4.79 Å². The number of fused-ring (bicyclic) bond motifs is 1. The molecule has 0 radical (unpaired) electrons. The first-order chi connectivity index (χ1) is 12.3. The second-order valence-corrected chi connectivity index (χ2v) is 7.17. The van der Waals surface area contributed by atoms with E-state index < -0.39 is 0 Å². The van der Waals surface area contributed by atoms with E-state index in [9.17, 15) is 4.79 Å². The molecule has 4 rings (SSSR count). The zero-order valence-electron chi connectivity index (χ0n) is 15.3. The van der Waals surface area contributed by atoms with Crippen molar-refractivity contribution in [2.75, 3.05) is 26.7 Å². The van der Waals surface area contributed by atoms with Crippen LogP contribution in [0.1, 0.15) is 41.0 Å². The van der Waals surface area contributed by atoms with Gasteiger partial charge in [-0.15, -0.1) is 12.4 Å². The number of nitrogens with one attached hydrogen (secondary N) is 1. The van der Waals surface area contributed by atoms with Crippen LogP contribution in [-0.2, 0) is 12.8 Å². The summed E-state index contributed by atoms with van der Waals surface area (Å²) in [6.07, 6.45) is 5.25. The van der Waals surface area contributed by atoms with Gasteiger partial charge in [-0.25, -0.2) is 4.68 Å². The fourth-order valence-electron chi connectivity index (χ4n) is 4.17. The molecule has 0 spiro atoms. The van der Waals surface area contributed by atoms with Gasteiger partial charge in [-0.05, 0) is 63.7 Å². The number of rotatable bonds is 4. The Balaban J connectivity index is 0.00000196. The Kier molecular flexibility index (Phi) is 5.99. The molecule has 2 heterocycles. The lowest BCUT2D eigenvalue weighted by atomic mass is 9.96. The lowest BCUT2D eigenvalue weighted by Crippen LogP contribution is -2.40. The summed E-state index contributed by atoms with van der Waals surface area (Å²) in [5.41, 5.74) is 4.13. The number of hydrogen-bond donors (Lipinski definition) is 1. The first kappa shape index (κ1) is 18.9. The highest BCUT2D eigenvalue weighted by Gasteiger charge is 2.31. The van der Waals surface area contributed by atoms with Gasteiger partial charge in [-0.1, -0.05) is 18.2 Å². The van der Waals surface area contributed by atoms with Gasteiger partial charge in [0, 0.05) is 24.3 Å². The summed E-state index contributed by atoms with van der Waals surface area (Å²) in [6, 6.07) is 10.2. The van der Waals surface area contributed by atoms with Crippen molar-refractivity contribution in [3.63, 3.8) is 0 Å². The zero-order valence-corrected chi connectivity index (χ0v) is 16.1. The van der Waals surface area contributed by atoms with Gasteiger partial charge >= 0.3 is 0 Å². The van der Waals surface area contributed by atoms with E-state index in [1.165, 1.54) is 11.3 Å². The van der Waals surface area contributed by atoms with E-state index in [4.69, 9.17) is 5.10 Å². The standard InChI is InChI=1S/C20H26N4O.ClH/c1-21-14-15-10-12-23(13-11-15)20(25)19-17-8-5-9-18(17)24(22-19)16-6-3-2-4-7-16;/h2-4,6-7,15,21H,5,8-14H2,1H3;1H. The molecule has 1 fully saturated rings. The van der Waals surface area contributed by atoms with E-state index in [1.807, 2.05) is 34.8 Å². The fraction of sp³-hybridized carbons (Fsp3) is 0.500. The summed E-state index contributed by atoms with van der Waals surface area (Å²) in [6.45, 7) is 2.73. The zero-order chi connectivity index (χ0) is 17.2. The number of halogens is 1. The molecular weight excluding hydrogens is 348 g/mol. The van der Waals surface area contributed by atoms with Crippen molar-refractivity contribution in [1.29, 1.82) is 0 Å². The van der Waals surface area contributed by atoms with Crippen LogP contribution in [0.2, 0.25) is 0 Å². The molecule has 140 valence electrons. The van der Waals surface area contributed by atoms with E-state index in [1.54, 1.807) is 0 Å². The first-order valence-electron chi connectivity index (χ1n) is 9.38. The summed E-state index contributed by atoms with van der Waals surface area (Å²) in [7, 11) is 2.00. The molecule has 1 saturated heterocycles. The summed E-state index contributed by atoms with van der Waals surface area (Å²) < 4.78 is 1.99. The van der Waals surface area contributed by atoms with Gasteiger partial charge in [0.1, 0.15) is 0 Å². The Labute approximate surface area is 161 Å². The average molecular weight is 375 g/mol. The lowest BCUT2D eigenvalue weighted by Gasteiger charge is -2.31. The Morgan fingerprint density at radius 1 is 1.19 bits per heavy atom. The van der Waals surface area contributed by atoms with Crippen molar-refractivity contribution in [3.8, 4) is 5.69 Å². The third-order valence-corrected chi connectivity index (χ3v) is 5.53. The van der Waals surface area contributed by atoms with E-state index in [-0.39, 0.29) is 18.3 Å². The Morgan fingerprint density at radius 2 is 1.92 bits per heavy atom. The molecule has 5 nitrogen and oxygen atoms in total. The molecule has 2 aliphatic rings. The minimum absolute atomic E-state index is 0. The number of carbonyl (C=O) groups excluding carboxylic acids is 1. The number of amides is 1. The molecule has 1 N–H and O–H groups in total. The van der Waals surface area contributed by atoms with Gasteiger partial charge in [0.2, 0.25) is 0 Å². The molecule has 1 aromatic carbocycles. The van der Waals surface area contributed by atoms with Crippen LogP contribution in [0.25, 0.3) is 5.69 Å². The van der Waals surface area contributed by atoms with Crippen molar-refractivity contribution in [2.45, 2.75) is 32.1 Å². The molecule has 1 aliphatic carbocycles. The third kappa shape index (κ3) is 3.51. The predicted molar refractivity (Wildman–Crippen MR) is 105 cm³/mol. The summed E-state index contributed by atoms with van der Waals surface area (Å²) in [5.74, 6) is 0.803. The monoisotopic (exact) mass is 374 g/mol. The maximum atomic E-state index is 13.1. The third-order valence-electron chi connectivity index (χ3n) is 5.53. The minimum atomic E-state index is 0. The second-order valence-electron chi connectivity index (χ2n) is 7.17. The van der Waals surface area contributed by atoms with Crippen molar-refractivity contribution in [1.82, 2.24) is 20.0 Å². The second kappa shape index (κ2) is 8.23. The van der Waals surface area contributed by atoms with Gasteiger partial charge in [0.05, 0.1) is 5.69 Å². The van der Waals surface area contributed by atoms with E-state index in [0.717, 1.165) is 57.4 Å². The van der Waals surface area contributed by atoms with Crippen LogP contribution in [0.3, 0.4) is 0 Å². The largest absolute Gasteiger partial charge is 0.337 e. The normalized spacial score (nSPS) is 17.0. The minimum Gasteiger partial charge on any atom is -0.337 e. The first-order valence-corrected chi connectivity index (χ1v) is 9.38. The molecular formula is C20H27ClN4O. The maximum Gasteiger partial charge on any atom is 0.274 e. The van der Waals surface area contributed by atoms with Crippen LogP contribution in [0, 0.1) is 5.92 Å². The number of carbonyl (C=O) groups is 1. The molecule has 26 heavy (non-hydrogen) atoms. The summed E-state index contributed by atoms with van der Waals surface area (Å²) >= 11 is 0. The van der Waals surface area contributed by atoms with E-state index >= 15 is 0 Å². The van der Waals surface area contributed by atoms with Crippen LogP contribution in [0.4, 0.5) is 0 Å². The Hall–Kier alpha value is -1.85. The maximum absolute atomic E-state index is 13.1. The number of likely N-dealkylation sites (tertiary alicyclic amines) is 1. The molecule has 1 aliphatic heterocycles. The number of para-hydroxylation sites is 1. The van der Waals surface area contributed by atoms with Gasteiger partial charge < -0.3 is 10.2 Å². The Bertz CT molecular complexity index is 751. The molecule has 6 heteroatoms. The smallest absolute Gasteiger partial charge is 0.274 e. The lowest BCUT2D eigenvalue weighted by molar-refractivity contribution is 0.0683. The number of benzene rings is 1. The quantitative estimate of drug-likeness (QED) is 0.895. The number of nitrogens with zero attached hydrogens (tertiary/aromatic N) is 3. The average Bonchev–Trinajstić information content (AvgIpc) is 3.25. The predicted octanol–water partition coefficient (Wildman–Crippen LogP) is 2.85. The molecule has 0 saturated carbocycles. The summed E-state index contributed by atoms with van der Waals surface area (Å²) in [4.78, 5) is 15.1. The molecule has 0 atom stereocenters. The van der Waals surface area contributed by atoms with E-state index in [2.05, 4.69) is 17.4 Å². The number of hydrogen-bond acceptors (Lipinski definition) is 3. The van der Waals surface area contributed by atoms with Gasteiger partial charge in [-0.2, -0.15) is 5.10 Å². The van der Waals surface area contributed by atoms with Crippen LogP contribution in [-0.4, -0.2) is 47.3 Å². The van der Waals surface area contributed by atoms with Crippen LogP contribution >= 0.6 is 12.4 Å². The number of aromatic nitrogens is 2. The van der Waals surface area contributed by atoms with Crippen molar-refractivity contribution in [3.05, 3.63) is 47.3 Å². The SMILES string of the molecule is CNCC1CCN(C(=O)c2nn(-c3ccccc3)c3c2CCC3)CC1.Cl. The van der Waals surface area contributed by atoms with Crippen molar-refractivity contribution >= 4 is 18.3 Å². The van der Waals surface area contributed by atoms with Gasteiger partial charge in [0.15, 0.2) is 5.69 Å². The van der Waals surface area contributed by atoms with Crippen LogP contribution in [0.5, 0.6) is 0 Å². The molecule has 2 aromatic rings.